The Morgan fingerprint density at radius 3 is 2.85 bits per heavy atom. The quantitative estimate of drug-likeness (QED) is 0.857. The van der Waals surface area contributed by atoms with Crippen molar-refractivity contribution < 1.29 is 9.53 Å². The molecule has 20 heavy (non-hydrogen) atoms. The summed E-state index contributed by atoms with van der Waals surface area (Å²) in [5.74, 6) is 0.561. The van der Waals surface area contributed by atoms with E-state index in [4.69, 9.17) is 10.5 Å². The number of nitrogens with zero attached hydrogens (tertiary/aromatic N) is 1. The molecular weight excluding hydrogens is 252 g/mol. The van der Waals surface area contributed by atoms with E-state index in [-0.39, 0.29) is 5.91 Å². The van der Waals surface area contributed by atoms with Crippen molar-refractivity contribution in [2.75, 3.05) is 25.5 Å². The van der Waals surface area contributed by atoms with E-state index in [0.717, 1.165) is 44.6 Å². The number of rotatable bonds is 4. The zero-order valence-corrected chi connectivity index (χ0v) is 12.0. The zero-order chi connectivity index (χ0) is 14.1. The van der Waals surface area contributed by atoms with Crippen molar-refractivity contribution in [3.05, 3.63) is 29.3 Å². The van der Waals surface area contributed by atoms with Gasteiger partial charge in [0.1, 0.15) is 0 Å². The van der Waals surface area contributed by atoms with Crippen LogP contribution in [0.15, 0.2) is 18.2 Å². The molecule has 2 fully saturated rings. The van der Waals surface area contributed by atoms with Crippen LogP contribution in [0.3, 0.4) is 0 Å². The van der Waals surface area contributed by atoms with Gasteiger partial charge in [0.05, 0.1) is 12.2 Å². The molecule has 3 rings (SSSR count). The average Bonchev–Trinajstić information content (AvgIpc) is 3.15. The molecule has 108 valence electrons. The molecule has 1 aromatic carbocycles. The summed E-state index contributed by atoms with van der Waals surface area (Å²) in [6.45, 7) is 4.39. The van der Waals surface area contributed by atoms with Crippen molar-refractivity contribution in [3.8, 4) is 0 Å². The van der Waals surface area contributed by atoms with Crippen LogP contribution in [0.5, 0.6) is 0 Å². The predicted molar refractivity (Wildman–Crippen MR) is 78.6 cm³/mol. The standard InChI is InChI=1S/C16H22N2O2/c1-11-2-5-15(17)14(8-11)16(19)18(13-3-4-13)9-12-6-7-20-10-12/h2,5,8,12-13H,3-4,6-7,9-10,17H2,1H3. The minimum absolute atomic E-state index is 0.0839. The molecule has 4 heteroatoms. The summed E-state index contributed by atoms with van der Waals surface area (Å²) in [6, 6.07) is 6.08. The molecule has 2 aliphatic rings. The number of amides is 1. The Morgan fingerprint density at radius 2 is 2.20 bits per heavy atom. The van der Waals surface area contributed by atoms with E-state index in [1.165, 1.54) is 0 Å². The first kappa shape index (κ1) is 13.4. The molecule has 4 nitrogen and oxygen atoms in total. The summed E-state index contributed by atoms with van der Waals surface area (Å²) >= 11 is 0. The van der Waals surface area contributed by atoms with Gasteiger partial charge in [-0.25, -0.2) is 0 Å². The maximum absolute atomic E-state index is 12.8. The second kappa shape index (κ2) is 5.44. The fraction of sp³-hybridized carbons (Fsp3) is 0.562. The highest BCUT2D eigenvalue weighted by atomic mass is 16.5. The van der Waals surface area contributed by atoms with Crippen LogP contribution in [0.2, 0.25) is 0 Å². The highest BCUT2D eigenvalue weighted by Crippen LogP contribution is 2.31. The zero-order valence-electron chi connectivity index (χ0n) is 12.0. The second-order valence-electron chi connectivity index (χ2n) is 6.01. The van der Waals surface area contributed by atoms with E-state index in [0.29, 0.717) is 23.2 Å². The molecule has 1 atom stereocenters. The van der Waals surface area contributed by atoms with E-state index in [1.807, 2.05) is 30.0 Å². The summed E-state index contributed by atoms with van der Waals surface area (Å²) < 4.78 is 5.42. The van der Waals surface area contributed by atoms with Gasteiger partial charge in [-0.1, -0.05) is 11.6 Å². The van der Waals surface area contributed by atoms with Crippen LogP contribution >= 0.6 is 0 Å². The number of ether oxygens (including phenoxy) is 1. The molecule has 2 N–H and O–H groups in total. The van der Waals surface area contributed by atoms with Gasteiger partial charge in [-0.15, -0.1) is 0 Å². The topological polar surface area (TPSA) is 55.6 Å². The number of anilines is 1. The highest BCUT2D eigenvalue weighted by molar-refractivity contribution is 5.99. The first-order valence-corrected chi connectivity index (χ1v) is 7.40. The average molecular weight is 274 g/mol. The van der Waals surface area contributed by atoms with Crippen LogP contribution in [-0.2, 0) is 4.74 Å². The van der Waals surface area contributed by atoms with E-state index >= 15 is 0 Å². The van der Waals surface area contributed by atoms with E-state index in [9.17, 15) is 4.79 Å². The predicted octanol–water partition coefficient (Wildman–Crippen LogP) is 2.22. The SMILES string of the molecule is Cc1ccc(N)c(C(=O)N(CC2CCOC2)C2CC2)c1. The monoisotopic (exact) mass is 274 g/mol. The summed E-state index contributed by atoms with van der Waals surface area (Å²) in [6.07, 6.45) is 3.29. The van der Waals surface area contributed by atoms with E-state index in [2.05, 4.69) is 0 Å². The maximum atomic E-state index is 12.8. The number of hydrogen-bond acceptors (Lipinski definition) is 3. The Balaban J connectivity index is 1.79. The van der Waals surface area contributed by atoms with E-state index < -0.39 is 0 Å². The van der Waals surface area contributed by atoms with Crippen molar-refractivity contribution in [1.82, 2.24) is 4.90 Å². The molecule has 1 aliphatic carbocycles. The number of carbonyl (C=O) groups excluding carboxylic acids is 1. The first-order valence-electron chi connectivity index (χ1n) is 7.40. The molecule has 1 aliphatic heterocycles. The minimum Gasteiger partial charge on any atom is -0.398 e. The maximum Gasteiger partial charge on any atom is 0.256 e. The van der Waals surface area contributed by atoms with Crippen LogP contribution in [0.25, 0.3) is 0 Å². The smallest absolute Gasteiger partial charge is 0.256 e. The van der Waals surface area contributed by atoms with Crippen LogP contribution in [0.4, 0.5) is 5.69 Å². The Bertz CT molecular complexity index is 505. The van der Waals surface area contributed by atoms with Gasteiger partial charge in [0.15, 0.2) is 0 Å². The fourth-order valence-electron chi connectivity index (χ4n) is 2.80. The normalized spacial score (nSPS) is 21.9. The van der Waals surface area contributed by atoms with Crippen molar-refractivity contribution in [3.63, 3.8) is 0 Å². The molecule has 1 saturated heterocycles. The van der Waals surface area contributed by atoms with Gasteiger partial charge in [0.2, 0.25) is 0 Å². The number of hydrogen-bond donors (Lipinski definition) is 1. The molecule has 0 aromatic heterocycles. The number of aryl methyl sites for hydroxylation is 1. The second-order valence-corrected chi connectivity index (χ2v) is 6.01. The third-order valence-corrected chi connectivity index (χ3v) is 4.17. The lowest BCUT2D eigenvalue weighted by molar-refractivity contribution is 0.0707. The Morgan fingerprint density at radius 1 is 1.40 bits per heavy atom. The molecular formula is C16H22N2O2. The summed E-state index contributed by atoms with van der Waals surface area (Å²) in [5.41, 5.74) is 8.28. The lowest BCUT2D eigenvalue weighted by Gasteiger charge is -2.26. The molecule has 1 saturated carbocycles. The number of carbonyl (C=O) groups is 1. The molecule has 1 unspecified atom stereocenters. The van der Waals surface area contributed by atoms with Crippen LogP contribution in [0.1, 0.15) is 35.2 Å². The lowest BCUT2D eigenvalue weighted by Crippen LogP contribution is -2.37. The largest absolute Gasteiger partial charge is 0.398 e. The molecule has 0 bridgehead atoms. The Labute approximate surface area is 119 Å². The van der Waals surface area contributed by atoms with Crippen molar-refractivity contribution in [2.45, 2.75) is 32.2 Å². The number of nitrogens with two attached hydrogens (primary N) is 1. The Hall–Kier alpha value is -1.55. The van der Waals surface area contributed by atoms with Gasteiger partial charge in [-0.2, -0.15) is 0 Å². The molecule has 0 radical (unpaired) electrons. The van der Waals surface area contributed by atoms with Gasteiger partial charge in [-0.05, 0) is 38.3 Å². The molecule has 1 aromatic rings. The summed E-state index contributed by atoms with van der Waals surface area (Å²) in [5, 5.41) is 0. The minimum atomic E-state index is 0.0839. The van der Waals surface area contributed by atoms with Gasteiger partial charge < -0.3 is 15.4 Å². The van der Waals surface area contributed by atoms with Gasteiger partial charge >= 0.3 is 0 Å². The van der Waals surface area contributed by atoms with Crippen LogP contribution in [-0.4, -0.2) is 36.6 Å². The van der Waals surface area contributed by atoms with Crippen molar-refractivity contribution >= 4 is 11.6 Å². The first-order chi connectivity index (χ1) is 9.65. The molecule has 1 heterocycles. The van der Waals surface area contributed by atoms with Gasteiger partial charge in [0.25, 0.3) is 5.91 Å². The van der Waals surface area contributed by atoms with Gasteiger partial charge in [0, 0.05) is 30.8 Å². The lowest BCUT2D eigenvalue weighted by atomic mass is 10.1. The highest BCUT2D eigenvalue weighted by Gasteiger charge is 2.35. The summed E-state index contributed by atoms with van der Waals surface area (Å²) in [4.78, 5) is 14.8. The third-order valence-electron chi connectivity index (χ3n) is 4.17. The van der Waals surface area contributed by atoms with Crippen LogP contribution < -0.4 is 5.73 Å². The number of benzene rings is 1. The third kappa shape index (κ3) is 2.80. The summed E-state index contributed by atoms with van der Waals surface area (Å²) in [7, 11) is 0. The molecule has 1 amide bonds. The number of nitrogen functional groups attached to an aromatic ring is 1. The fourth-order valence-corrected chi connectivity index (χ4v) is 2.80. The van der Waals surface area contributed by atoms with E-state index in [1.54, 1.807) is 0 Å². The molecule has 0 spiro atoms. The van der Waals surface area contributed by atoms with Crippen LogP contribution in [0, 0.1) is 12.8 Å². The van der Waals surface area contributed by atoms with Gasteiger partial charge in [-0.3, -0.25) is 4.79 Å². The Kier molecular flexibility index (Phi) is 3.66. The van der Waals surface area contributed by atoms with Crippen molar-refractivity contribution in [1.29, 1.82) is 0 Å². The van der Waals surface area contributed by atoms with Crippen molar-refractivity contribution in [2.24, 2.45) is 5.92 Å².